The molecule has 0 bridgehead atoms. The number of benzene rings is 1. The van der Waals surface area contributed by atoms with Crippen molar-refractivity contribution in [2.45, 2.75) is 46.1 Å². The van der Waals surface area contributed by atoms with Crippen LogP contribution >= 0.6 is 23.2 Å². The van der Waals surface area contributed by atoms with Crippen molar-refractivity contribution in [3.63, 3.8) is 0 Å². The smallest absolute Gasteiger partial charge is 0.152 e. The van der Waals surface area contributed by atoms with Gasteiger partial charge >= 0.3 is 0 Å². The van der Waals surface area contributed by atoms with Gasteiger partial charge in [-0.1, -0.05) is 50.4 Å². The number of aromatic hydroxyl groups is 1. The normalized spacial score (nSPS) is 14.3. The van der Waals surface area contributed by atoms with Gasteiger partial charge in [0.1, 0.15) is 0 Å². The number of nitrogens with one attached hydrogen (secondary N) is 1. The maximum atomic E-state index is 9.51. The Labute approximate surface area is 119 Å². The third-order valence-corrected chi connectivity index (χ3v) is 3.84. The molecule has 0 saturated carbocycles. The zero-order valence-electron chi connectivity index (χ0n) is 11.1. The summed E-state index contributed by atoms with van der Waals surface area (Å²) in [6.07, 6.45) is 3.33. The molecule has 0 aromatic heterocycles. The second kappa shape index (κ2) is 7.10. The van der Waals surface area contributed by atoms with Crippen LogP contribution in [0.1, 0.15) is 40.0 Å². The SMILES string of the molecule is CCC(C)CC(CC)Nc1cc(Cl)c(O)c(Cl)c1. The first-order valence-corrected chi connectivity index (χ1v) is 7.18. The van der Waals surface area contributed by atoms with Gasteiger partial charge in [0, 0.05) is 11.7 Å². The predicted molar refractivity (Wildman–Crippen MR) is 79.9 cm³/mol. The predicted octanol–water partition coefficient (Wildman–Crippen LogP) is 5.33. The largest absolute Gasteiger partial charge is 0.505 e. The van der Waals surface area contributed by atoms with E-state index >= 15 is 0 Å². The van der Waals surface area contributed by atoms with E-state index in [-0.39, 0.29) is 15.8 Å². The molecule has 2 atom stereocenters. The molecular formula is C14H21Cl2NO. The fraction of sp³-hybridized carbons (Fsp3) is 0.571. The zero-order valence-corrected chi connectivity index (χ0v) is 12.6. The number of hydrogen-bond donors (Lipinski definition) is 2. The van der Waals surface area contributed by atoms with Crippen molar-refractivity contribution in [3.8, 4) is 5.75 Å². The first-order valence-electron chi connectivity index (χ1n) is 6.42. The molecule has 1 rings (SSSR count). The first kappa shape index (κ1) is 15.5. The van der Waals surface area contributed by atoms with Crippen LogP contribution < -0.4 is 5.32 Å². The van der Waals surface area contributed by atoms with Gasteiger partial charge in [-0.15, -0.1) is 0 Å². The third-order valence-electron chi connectivity index (χ3n) is 3.26. The summed E-state index contributed by atoms with van der Waals surface area (Å²) >= 11 is 11.8. The van der Waals surface area contributed by atoms with Gasteiger partial charge in [-0.2, -0.15) is 0 Å². The summed E-state index contributed by atoms with van der Waals surface area (Å²) in [7, 11) is 0. The lowest BCUT2D eigenvalue weighted by Crippen LogP contribution is -2.21. The van der Waals surface area contributed by atoms with E-state index in [9.17, 15) is 5.11 Å². The Morgan fingerprint density at radius 2 is 1.72 bits per heavy atom. The summed E-state index contributed by atoms with van der Waals surface area (Å²) in [6.45, 7) is 6.61. The Hall–Kier alpha value is -0.600. The monoisotopic (exact) mass is 289 g/mol. The number of phenols is 1. The number of halogens is 2. The molecule has 0 radical (unpaired) electrons. The molecule has 0 amide bonds. The van der Waals surface area contributed by atoms with E-state index in [2.05, 4.69) is 26.1 Å². The van der Waals surface area contributed by atoms with Crippen LogP contribution in [0.5, 0.6) is 5.75 Å². The zero-order chi connectivity index (χ0) is 13.7. The van der Waals surface area contributed by atoms with Gasteiger partial charge < -0.3 is 10.4 Å². The maximum Gasteiger partial charge on any atom is 0.152 e. The number of hydrogen-bond acceptors (Lipinski definition) is 2. The average molecular weight is 290 g/mol. The summed E-state index contributed by atoms with van der Waals surface area (Å²) in [5.41, 5.74) is 0.859. The van der Waals surface area contributed by atoms with Gasteiger partial charge in [-0.05, 0) is 30.9 Å². The molecule has 0 fully saturated rings. The van der Waals surface area contributed by atoms with E-state index in [4.69, 9.17) is 23.2 Å². The van der Waals surface area contributed by atoms with E-state index in [1.54, 1.807) is 12.1 Å². The minimum atomic E-state index is -0.0566. The average Bonchev–Trinajstić information content (AvgIpc) is 2.34. The maximum absolute atomic E-state index is 9.51. The fourth-order valence-electron chi connectivity index (χ4n) is 1.86. The van der Waals surface area contributed by atoms with Gasteiger partial charge in [-0.25, -0.2) is 0 Å². The van der Waals surface area contributed by atoms with Gasteiger partial charge in [0.25, 0.3) is 0 Å². The summed E-state index contributed by atoms with van der Waals surface area (Å²) in [5.74, 6) is 0.629. The van der Waals surface area contributed by atoms with Crippen LogP contribution in [0.2, 0.25) is 10.0 Å². The van der Waals surface area contributed by atoms with Crippen LogP contribution in [0.25, 0.3) is 0 Å². The van der Waals surface area contributed by atoms with Gasteiger partial charge in [0.2, 0.25) is 0 Å². The molecule has 0 spiro atoms. The standard InChI is InChI=1S/C14H21Cl2NO/c1-4-9(3)6-10(5-2)17-11-7-12(15)14(18)13(16)8-11/h7-10,17-18H,4-6H2,1-3H3. The van der Waals surface area contributed by atoms with Crippen LogP contribution in [0.3, 0.4) is 0 Å². The van der Waals surface area contributed by atoms with Crippen LogP contribution in [-0.2, 0) is 0 Å². The molecular weight excluding hydrogens is 269 g/mol. The molecule has 1 aromatic carbocycles. The quantitative estimate of drug-likeness (QED) is 0.694. The van der Waals surface area contributed by atoms with E-state index in [1.165, 1.54) is 6.42 Å². The number of rotatable bonds is 6. The molecule has 2 unspecified atom stereocenters. The molecule has 18 heavy (non-hydrogen) atoms. The highest BCUT2D eigenvalue weighted by Crippen LogP contribution is 2.35. The third kappa shape index (κ3) is 4.25. The van der Waals surface area contributed by atoms with E-state index in [1.807, 2.05) is 0 Å². The summed E-state index contributed by atoms with van der Waals surface area (Å²) in [5, 5.41) is 13.5. The van der Waals surface area contributed by atoms with Gasteiger partial charge in [0.15, 0.2) is 5.75 Å². The van der Waals surface area contributed by atoms with E-state index < -0.39 is 0 Å². The lowest BCUT2D eigenvalue weighted by Gasteiger charge is -2.22. The van der Waals surface area contributed by atoms with Crippen molar-refractivity contribution in [3.05, 3.63) is 22.2 Å². The van der Waals surface area contributed by atoms with Crippen LogP contribution in [0.15, 0.2) is 12.1 Å². The molecule has 0 heterocycles. The molecule has 4 heteroatoms. The van der Waals surface area contributed by atoms with Gasteiger partial charge in [0.05, 0.1) is 10.0 Å². The topological polar surface area (TPSA) is 32.3 Å². The van der Waals surface area contributed by atoms with Crippen molar-refractivity contribution >= 4 is 28.9 Å². The number of phenolic OH excluding ortho intramolecular Hbond substituents is 1. The van der Waals surface area contributed by atoms with Crippen molar-refractivity contribution in [1.82, 2.24) is 0 Å². The summed E-state index contributed by atoms with van der Waals surface area (Å²) in [6, 6.07) is 3.82. The highest BCUT2D eigenvalue weighted by atomic mass is 35.5. The van der Waals surface area contributed by atoms with E-state index in [0.717, 1.165) is 18.5 Å². The van der Waals surface area contributed by atoms with Crippen molar-refractivity contribution in [2.24, 2.45) is 5.92 Å². The van der Waals surface area contributed by atoms with Crippen LogP contribution in [-0.4, -0.2) is 11.1 Å². The van der Waals surface area contributed by atoms with Crippen molar-refractivity contribution in [2.75, 3.05) is 5.32 Å². The molecule has 0 aliphatic rings. The van der Waals surface area contributed by atoms with Crippen molar-refractivity contribution in [1.29, 1.82) is 0 Å². The van der Waals surface area contributed by atoms with Crippen molar-refractivity contribution < 1.29 is 5.11 Å². The molecule has 0 saturated heterocycles. The highest BCUT2D eigenvalue weighted by molar-refractivity contribution is 6.37. The number of anilines is 1. The summed E-state index contributed by atoms with van der Waals surface area (Å²) in [4.78, 5) is 0. The molecule has 0 aliphatic heterocycles. The van der Waals surface area contributed by atoms with Crippen LogP contribution in [0.4, 0.5) is 5.69 Å². The Morgan fingerprint density at radius 1 is 1.17 bits per heavy atom. The Morgan fingerprint density at radius 3 is 2.17 bits per heavy atom. The Bertz CT molecular complexity index is 372. The summed E-state index contributed by atoms with van der Waals surface area (Å²) < 4.78 is 0. The van der Waals surface area contributed by atoms with E-state index in [0.29, 0.717) is 12.0 Å². The van der Waals surface area contributed by atoms with Gasteiger partial charge in [-0.3, -0.25) is 0 Å². The Balaban J connectivity index is 2.76. The minimum absolute atomic E-state index is 0.0566. The molecule has 102 valence electrons. The Kier molecular flexibility index (Phi) is 6.10. The second-order valence-electron chi connectivity index (χ2n) is 4.79. The van der Waals surface area contributed by atoms with Crippen LogP contribution in [0, 0.1) is 5.92 Å². The fourth-order valence-corrected chi connectivity index (χ4v) is 2.35. The lowest BCUT2D eigenvalue weighted by molar-refractivity contribution is 0.461. The lowest BCUT2D eigenvalue weighted by atomic mass is 9.97. The molecule has 1 aromatic rings. The first-order chi connectivity index (χ1) is 8.47. The molecule has 0 aliphatic carbocycles. The molecule has 2 nitrogen and oxygen atoms in total. The molecule has 2 N–H and O–H groups in total. The highest BCUT2D eigenvalue weighted by Gasteiger charge is 2.12. The minimum Gasteiger partial charge on any atom is -0.505 e. The second-order valence-corrected chi connectivity index (χ2v) is 5.60.